The van der Waals surface area contributed by atoms with Crippen molar-refractivity contribution in [2.75, 3.05) is 13.1 Å². The van der Waals surface area contributed by atoms with Crippen LogP contribution in [0.1, 0.15) is 24.7 Å². The molecule has 1 N–H and O–H groups in total. The summed E-state index contributed by atoms with van der Waals surface area (Å²) in [6, 6.07) is 7.87. The maximum absolute atomic E-state index is 12.6. The van der Waals surface area contributed by atoms with E-state index in [4.69, 9.17) is 0 Å². The van der Waals surface area contributed by atoms with E-state index < -0.39 is 0 Å². The van der Waals surface area contributed by atoms with Gasteiger partial charge < -0.3 is 5.32 Å². The first-order valence-electron chi connectivity index (χ1n) is 6.46. The molecule has 0 saturated carbocycles. The molecule has 1 saturated heterocycles. The quantitative estimate of drug-likeness (QED) is 0.828. The Balaban J connectivity index is 2.19. The van der Waals surface area contributed by atoms with Crippen molar-refractivity contribution >= 4 is 10.9 Å². The Morgan fingerprint density at radius 2 is 2.00 bits per heavy atom. The van der Waals surface area contributed by atoms with Crippen LogP contribution in [0.3, 0.4) is 0 Å². The Hall–Kier alpha value is -1.68. The third-order valence-electron chi connectivity index (χ3n) is 3.66. The molecule has 4 nitrogen and oxygen atoms in total. The summed E-state index contributed by atoms with van der Waals surface area (Å²) in [6.45, 7) is 3.88. The smallest absolute Gasteiger partial charge is 0.261 e. The summed E-state index contributed by atoms with van der Waals surface area (Å²) < 4.78 is 1.88. The van der Waals surface area contributed by atoms with Crippen molar-refractivity contribution in [1.29, 1.82) is 0 Å². The van der Waals surface area contributed by atoms with Gasteiger partial charge in [0.05, 0.1) is 10.9 Å². The average Bonchev–Trinajstić information content (AvgIpc) is 2.40. The molecule has 2 heterocycles. The van der Waals surface area contributed by atoms with Crippen LogP contribution in [0.5, 0.6) is 0 Å². The average molecular weight is 243 g/mol. The Labute approximate surface area is 106 Å². The second-order valence-corrected chi connectivity index (χ2v) is 4.83. The summed E-state index contributed by atoms with van der Waals surface area (Å²) in [5.74, 6) is 0.825. The zero-order valence-electron chi connectivity index (χ0n) is 10.5. The van der Waals surface area contributed by atoms with Crippen LogP contribution in [0.2, 0.25) is 0 Å². The highest BCUT2D eigenvalue weighted by Gasteiger charge is 2.19. The summed E-state index contributed by atoms with van der Waals surface area (Å²) in [7, 11) is 0. The van der Waals surface area contributed by atoms with Gasteiger partial charge in [-0.2, -0.15) is 0 Å². The van der Waals surface area contributed by atoms with Gasteiger partial charge in [-0.15, -0.1) is 0 Å². The number of para-hydroxylation sites is 1. The number of rotatable bonds is 1. The van der Waals surface area contributed by atoms with Crippen molar-refractivity contribution in [1.82, 2.24) is 14.9 Å². The zero-order valence-corrected chi connectivity index (χ0v) is 10.5. The Morgan fingerprint density at radius 1 is 1.28 bits per heavy atom. The number of hydrogen-bond donors (Lipinski definition) is 1. The van der Waals surface area contributed by atoms with Crippen molar-refractivity contribution in [2.24, 2.45) is 0 Å². The molecule has 0 unspecified atom stereocenters. The fourth-order valence-corrected chi connectivity index (χ4v) is 2.75. The third-order valence-corrected chi connectivity index (χ3v) is 3.66. The second-order valence-electron chi connectivity index (χ2n) is 4.83. The monoisotopic (exact) mass is 243 g/mol. The van der Waals surface area contributed by atoms with E-state index in [9.17, 15) is 4.79 Å². The number of benzene rings is 1. The van der Waals surface area contributed by atoms with E-state index in [0.717, 1.165) is 42.7 Å². The lowest BCUT2D eigenvalue weighted by molar-refractivity contribution is 0.354. The van der Waals surface area contributed by atoms with Gasteiger partial charge in [0.1, 0.15) is 5.82 Å². The molecule has 18 heavy (non-hydrogen) atoms. The number of hydrogen-bond acceptors (Lipinski definition) is 3. The van der Waals surface area contributed by atoms with Crippen LogP contribution in [0.4, 0.5) is 0 Å². The van der Waals surface area contributed by atoms with E-state index >= 15 is 0 Å². The summed E-state index contributed by atoms with van der Waals surface area (Å²) in [5, 5.41) is 4.05. The lowest BCUT2D eigenvalue weighted by Crippen LogP contribution is -2.35. The number of aromatic nitrogens is 2. The van der Waals surface area contributed by atoms with Gasteiger partial charge in [-0.1, -0.05) is 12.1 Å². The van der Waals surface area contributed by atoms with Gasteiger partial charge in [-0.25, -0.2) is 4.98 Å². The number of fused-ring (bicyclic) bond motifs is 1. The van der Waals surface area contributed by atoms with Gasteiger partial charge in [0, 0.05) is 6.04 Å². The molecule has 0 bridgehead atoms. The summed E-state index contributed by atoms with van der Waals surface area (Å²) in [5.41, 5.74) is 0.898. The Bertz CT molecular complexity index is 626. The highest BCUT2D eigenvalue weighted by atomic mass is 16.1. The minimum Gasteiger partial charge on any atom is -0.317 e. The fraction of sp³-hybridized carbons (Fsp3) is 0.429. The van der Waals surface area contributed by atoms with Gasteiger partial charge in [-0.3, -0.25) is 9.36 Å². The summed E-state index contributed by atoms with van der Waals surface area (Å²) in [4.78, 5) is 17.1. The van der Waals surface area contributed by atoms with E-state index in [1.54, 1.807) is 0 Å². The van der Waals surface area contributed by atoms with Gasteiger partial charge in [0.25, 0.3) is 5.56 Å². The Kier molecular flexibility index (Phi) is 2.88. The molecular weight excluding hydrogens is 226 g/mol. The predicted octanol–water partition coefficient (Wildman–Crippen LogP) is 1.63. The normalized spacial score (nSPS) is 17.2. The molecule has 0 amide bonds. The van der Waals surface area contributed by atoms with Crippen molar-refractivity contribution in [3.8, 4) is 0 Å². The standard InChI is InChI=1S/C14H17N3O/c1-10-16-13-5-3-2-4-12(13)14(18)17(10)11-6-8-15-9-7-11/h2-5,11,15H,6-9H2,1H3. The summed E-state index contributed by atoms with van der Waals surface area (Å²) >= 11 is 0. The molecule has 0 radical (unpaired) electrons. The predicted molar refractivity (Wildman–Crippen MR) is 71.9 cm³/mol. The lowest BCUT2D eigenvalue weighted by atomic mass is 10.1. The maximum atomic E-state index is 12.6. The molecule has 1 fully saturated rings. The van der Waals surface area contributed by atoms with Crippen LogP contribution < -0.4 is 10.9 Å². The van der Waals surface area contributed by atoms with Crippen molar-refractivity contribution in [2.45, 2.75) is 25.8 Å². The largest absolute Gasteiger partial charge is 0.317 e. The van der Waals surface area contributed by atoms with Crippen LogP contribution in [0.25, 0.3) is 10.9 Å². The minimum atomic E-state index is 0.102. The van der Waals surface area contributed by atoms with Gasteiger partial charge in [-0.05, 0) is 45.0 Å². The van der Waals surface area contributed by atoms with E-state index in [2.05, 4.69) is 10.3 Å². The first kappa shape index (κ1) is 11.4. The molecule has 1 aliphatic heterocycles. The lowest BCUT2D eigenvalue weighted by Gasteiger charge is -2.26. The van der Waals surface area contributed by atoms with Crippen molar-refractivity contribution in [3.05, 3.63) is 40.4 Å². The number of nitrogens with one attached hydrogen (secondary N) is 1. The molecule has 1 aromatic heterocycles. The number of nitrogens with zero attached hydrogens (tertiary/aromatic N) is 2. The zero-order chi connectivity index (χ0) is 12.5. The highest BCUT2D eigenvalue weighted by molar-refractivity contribution is 5.77. The first-order chi connectivity index (χ1) is 8.77. The van der Waals surface area contributed by atoms with Crippen molar-refractivity contribution < 1.29 is 0 Å². The van der Waals surface area contributed by atoms with E-state index in [0.29, 0.717) is 0 Å². The minimum absolute atomic E-state index is 0.102. The van der Waals surface area contributed by atoms with Gasteiger partial charge >= 0.3 is 0 Å². The van der Waals surface area contributed by atoms with E-state index in [1.165, 1.54) is 0 Å². The molecule has 0 aliphatic carbocycles. The number of piperidine rings is 1. The van der Waals surface area contributed by atoms with E-state index in [1.807, 2.05) is 35.8 Å². The summed E-state index contributed by atoms with van der Waals surface area (Å²) in [6.07, 6.45) is 2.00. The Morgan fingerprint density at radius 3 is 2.78 bits per heavy atom. The maximum Gasteiger partial charge on any atom is 0.261 e. The van der Waals surface area contributed by atoms with Gasteiger partial charge in [0.15, 0.2) is 0 Å². The van der Waals surface area contributed by atoms with Crippen LogP contribution in [-0.2, 0) is 0 Å². The molecule has 0 spiro atoms. The fourth-order valence-electron chi connectivity index (χ4n) is 2.75. The van der Waals surface area contributed by atoms with Gasteiger partial charge in [0.2, 0.25) is 0 Å². The number of aryl methyl sites for hydroxylation is 1. The molecule has 1 aromatic carbocycles. The SMILES string of the molecule is Cc1nc2ccccc2c(=O)n1C1CCNCC1. The molecule has 94 valence electrons. The van der Waals surface area contributed by atoms with Crippen LogP contribution in [0.15, 0.2) is 29.1 Å². The molecule has 3 rings (SSSR count). The molecular formula is C14H17N3O. The first-order valence-corrected chi connectivity index (χ1v) is 6.46. The third kappa shape index (κ3) is 1.82. The molecule has 0 atom stereocenters. The molecule has 2 aromatic rings. The molecule has 4 heteroatoms. The van der Waals surface area contributed by atoms with E-state index in [-0.39, 0.29) is 11.6 Å². The van der Waals surface area contributed by atoms with Crippen LogP contribution >= 0.6 is 0 Å². The molecule has 1 aliphatic rings. The van der Waals surface area contributed by atoms with Crippen LogP contribution in [-0.4, -0.2) is 22.6 Å². The topological polar surface area (TPSA) is 46.9 Å². The highest BCUT2D eigenvalue weighted by Crippen LogP contribution is 2.19. The van der Waals surface area contributed by atoms with Crippen molar-refractivity contribution in [3.63, 3.8) is 0 Å². The van der Waals surface area contributed by atoms with Crippen LogP contribution in [0, 0.1) is 6.92 Å². The second kappa shape index (κ2) is 4.53.